The summed E-state index contributed by atoms with van der Waals surface area (Å²) in [5, 5.41) is 0.930. The van der Waals surface area contributed by atoms with Crippen LogP contribution in [0.2, 0.25) is 0 Å². The zero-order chi connectivity index (χ0) is 8.55. The van der Waals surface area contributed by atoms with Gasteiger partial charge in [-0.25, -0.2) is 9.97 Å². The lowest BCUT2D eigenvalue weighted by atomic mass is 10.4. The van der Waals surface area contributed by atoms with E-state index in [1.54, 1.807) is 0 Å². The summed E-state index contributed by atoms with van der Waals surface area (Å²) in [5.41, 5.74) is 6.57. The zero-order valence-corrected chi connectivity index (χ0v) is 6.86. The van der Waals surface area contributed by atoms with Crippen molar-refractivity contribution in [2.24, 2.45) is 0 Å². The van der Waals surface area contributed by atoms with E-state index in [0.717, 1.165) is 17.4 Å². The molecule has 62 valence electrons. The molecule has 0 saturated heterocycles. The molecule has 0 saturated carbocycles. The van der Waals surface area contributed by atoms with Crippen LogP contribution in [0.5, 0.6) is 0 Å². The first-order valence-corrected chi connectivity index (χ1v) is 3.87. The van der Waals surface area contributed by atoms with Crippen LogP contribution in [0.4, 0.5) is 5.82 Å². The van der Waals surface area contributed by atoms with Gasteiger partial charge in [0.25, 0.3) is 0 Å². The van der Waals surface area contributed by atoms with Crippen molar-refractivity contribution in [1.29, 1.82) is 0 Å². The average Bonchev–Trinajstić information content (AvgIpc) is 2.49. The average molecular weight is 162 g/mol. The van der Waals surface area contributed by atoms with Crippen LogP contribution in [0.15, 0.2) is 18.7 Å². The first-order valence-electron chi connectivity index (χ1n) is 3.87. The Bertz CT molecular complexity index is 404. The smallest absolute Gasteiger partial charge is 0.136 e. The van der Waals surface area contributed by atoms with Crippen LogP contribution in [0.1, 0.15) is 6.92 Å². The number of fused-ring (bicyclic) bond motifs is 1. The Labute approximate surface area is 70.0 Å². The molecule has 0 fully saturated rings. The van der Waals surface area contributed by atoms with Crippen molar-refractivity contribution in [3.05, 3.63) is 18.7 Å². The number of anilines is 1. The molecule has 2 heterocycles. The second-order valence-corrected chi connectivity index (χ2v) is 2.65. The Morgan fingerprint density at radius 1 is 1.42 bits per heavy atom. The number of nitrogens with zero attached hydrogens (tertiary/aromatic N) is 3. The van der Waals surface area contributed by atoms with Crippen molar-refractivity contribution in [3.8, 4) is 0 Å². The molecule has 0 bridgehead atoms. The Morgan fingerprint density at radius 2 is 2.25 bits per heavy atom. The van der Waals surface area contributed by atoms with Crippen LogP contribution >= 0.6 is 0 Å². The van der Waals surface area contributed by atoms with Gasteiger partial charge in [-0.3, -0.25) is 0 Å². The molecule has 2 N–H and O–H groups in total. The first-order chi connectivity index (χ1) is 5.81. The van der Waals surface area contributed by atoms with Crippen molar-refractivity contribution in [1.82, 2.24) is 14.5 Å². The Hall–Kier alpha value is -1.58. The van der Waals surface area contributed by atoms with E-state index in [2.05, 4.69) is 16.9 Å². The molecule has 2 aromatic heterocycles. The van der Waals surface area contributed by atoms with Gasteiger partial charge in [0.2, 0.25) is 0 Å². The summed E-state index contributed by atoms with van der Waals surface area (Å²) in [6.45, 7) is 3.00. The third-order valence-corrected chi connectivity index (χ3v) is 1.89. The highest BCUT2D eigenvalue weighted by molar-refractivity contribution is 5.87. The second kappa shape index (κ2) is 2.48. The van der Waals surface area contributed by atoms with Gasteiger partial charge in [0.15, 0.2) is 0 Å². The minimum absolute atomic E-state index is 0.548. The lowest BCUT2D eigenvalue weighted by molar-refractivity contribution is 0.772. The quantitative estimate of drug-likeness (QED) is 0.681. The van der Waals surface area contributed by atoms with Crippen LogP contribution < -0.4 is 5.73 Å². The molecule has 0 aromatic carbocycles. The largest absolute Gasteiger partial charge is 0.383 e. The first kappa shape index (κ1) is 7.09. The second-order valence-electron chi connectivity index (χ2n) is 2.65. The SMILES string of the molecule is CCn1cc2ncnc(N)c2c1. The fourth-order valence-corrected chi connectivity index (χ4v) is 1.20. The van der Waals surface area contributed by atoms with Crippen LogP contribution in [0, 0.1) is 0 Å². The Kier molecular flexibility index (Phi) is 1.46. The van der Waals surface area contributed by atoms with E-state index in [1.165, 1.54) is 6.33 Å². The number of nitrogen functional groups attached to an aromatic ring is 1. The fraction of sp³-hybridized carbons (Fsp3) is 0.250. The summed E-state index contributed by atoms with van der Waals surface area (Å²) in [6, 6.07) is 0. The maximum Gasteiger partial charge on any atom is 0.136 e. The minimum atomic E-state index is 0.548. The Balaban J connectivity index is 2.74. The van der Waals surface area contributed by atoms with E-state index in [4.69, 9.17) is 5.73 Å². The highest BCUT2D eigenvalue weighted by Gasteiger charge is 2.01. The summed E-state index contributed by atoms with van der Waals surface area (Å²) in [6.07, 6.45) is 5.41. The van der Waals surface area contributed by atoms with E-state index in [9.17, 15) is 0 Å². The molecule has 0 radical (unpaired) electrons. The molecule has 0 unspecified atom stereocenters. The van der Waals surface area contributed by atoms with Gasteiger partial charge < -0.3 is 10.3 Å². The molecule has 0 amide bonds. The maximum absolute atomic E-state index is 5.66. The molecule has 4 nitrogen and oxygen atoms in total. The summed E-state index contributed by atoms with van der Waals surface area (Å²) < 4.78 is 2.04. The van der Waals surface area contributed by atoms with E-state index in [1.807, 2.05) is 17.0 Å². The molecule has 4 heteroatoms. The highest BCUT2D eigenvalue weighted by atomic mass is 15.0. The number of nitrogens with two attached hydrogens (primary N) is 1. The third kappa shape index (κ3) is 0.922. The zero-order valence-electron chi connectivity index (χ0n) is 6.86. The van der Waals surface area contributed by atoms with Gasteiger partial charge >= 0.3 is 0 Å². The standard InChI is InChI=1S/C8H10N4/c1-2-12-3-6-7(4-12)10-5-11-8(6)9/h3-5H,2H2,1H3,(H2,9,10,11). The van der Waals surface area contributed by atoms with E-state index in [0.29, 0.717) is 5.82 Å². The normalized spacial score (nSPS) is 10.8. The number of aromatic nitrogens is 3. The lowest BCUT2D eigenvalue weighted by Crippen LogP contribution is -1.90. The summed E-state index contributed by atoms with van der Waals surface area (Å²) in [5.74, 6) is 0.548. The summed E-state index contributed by atoms with van der Waals surface area (Å²) in [7, 11) is 0. The van der Waals surface area contributed by atoms with Gasteiger partial charge in [-0.15, -0.1) is 0 Å². The molecule has 2 aromatic rings. The van der Waals surface area contributed by atoms with E-state index >= 15 is 0 Å². The van der Waals surface area contributed by atoms with Crippen LogP contribution in [-0.2, 0) is 6.54 Å². The van der Waals surface area contributed by atoms with Gasteiger partial charge in [0, 0.05) is 18.9 Å². The van der Waals surface area contributed by atoms with E-state index < -0.39 is 0 Å². The number of aryl methyl sites for hydroxylation is 1. The van der Waals surface area contributed by atoms with Crippen LogP contribution in [-0.4, -0.2) is 14.5 Å². The van der Waals surface area contributed by atoms with Crippen molar-refractivity contribution >= 4 is 16.7 Å². The third-order valence-electron chi connectivity index (χ3n) is 1.89. The number of hydrogen-bond acceptors (Lipinski definition) is 3. The Morgan fingerprint density at radius 3 is 2.92 bits per heavy atom. The van der Waals surface area contributed by atoms with Gasteiger partial charge in [0.05, 0.1) is 10.9 Å². The summed E-state index contributed by atoms with van der Waals surface area (Å²) >= 11 is 0. The van der Waals surface area contributed by atoms with Crippen LogP contribution in [0.3, 0.4) is 0 Å². The number of rotatable bonds is 1. The van der Waals surface area contributed by atoms with Crippen molar-refractivity contribution in [2.45, 2.75) is 13.5 Å². The molecule has 0 spiro atoms. The molecule has 0 atom stereocenters. The number of hydrogen-bond donors (Lipinski definition) is 1. The maximum atomic E-state index is 5.66. The lowest BCUT2D eigenvalue weighted by Gasteiger charge is -1.91. The molecule has 2 rings (SSSR count). The topological polar surface area (TPSA) is 56.7 Å². The van der Waals surface area contributed by atoms with E-state index in [-0.39, 0.29) is 0 Å². The van der Waals surface area contributed by atoms with Crippen molar-refractivity contribution in [3.63, 3.8) is 0 Å². The summed E-state index contributed by atoms with van der Waals surface area (Å²) in [4.78, 5) is 8.01. The molecular weight excluding hydrogens is 152 g/mol. The molecular formula is C8H10N4. The monoisotopic (exact) mass is 162 g/mol. The molecule has 12 heavy (non-hydrogen) atoms. The fourth-order valence-electron chi connectivity index (χ4n) is 1.20. The van der Waals surface area contributed by atoms with Gasteiger partial charge in [-0.05, 0) is 6.92 Å². The van der Waals surface area contributed by atoms with Crippen LogP contribution in [0.25, 0.3) is 10.9 Å². The molecule has 0 aliphatic rings. The van der Waals surface area contributed by atoms with Gasteiger partial charge in [-0.1, -0.05) is 0 Å². The van der Waals surface area contributed by atoms with Gasteiger partial charge in [0.1, 0.15) is 12.1 Å². The highest BCUT2D eigenvalue weighted by Crippen LogP contribution is 2.16. The van der Waals surface area contributed by atoms with Crippen molar-refractivity contribution < 1.29 is 0 Å². The molecule has 0 aliphatic heterocycles. The molecule has 0 aliphatic carbocycles. The minimum Gasteiger partial charge on any atom is -0.383 e. The van der Waals surface area contributed by atoms with Gasteiger partial charge in [-0.2, -0.15) is 0 Å². The van der Waals surface area contributed by atoms with Crippen molar-refractivity contribution in [2.75, 3.05) is 5.73 Å². The predicted octanol–water partition coefficient (Wildman–Crippen LogP) is 1.03. The predicted molar refractivity (Wildman–Crippen MR) is 47.6 cm³/mol.